The average molecular weight is 540 g/mol. The van der Waals surface area contributed by atoms with Gasteiger partial charge in [-0.1, -0.05) is 0 Å². The van der Waals surface area contributed by atoms with Gasteiger partial charge in [-0.15, -0.1) is 0 Å². The molecule has 0 spiro atoms. The van der Waals surface area contributed by atoms with Gasteiger partial charge in [0.05, 0.1) is 19.8 Å². The third-order valence-electron chi connectivity index (χ3n) is 5.60. The second kappa shape index (κ2) is 15.0. The zero-order chi connectivity index (χ0) is 27.9. The Morgan fingerprint density at radius 1 is 0.306 bits per heavy atom. The molecule has 0 saturated carbocycles. The molecule has 3 saturated heterocycles. The van der Waals surface area contributed by atoms with Crippen LogP contribution in [-0.2, 0) is 14.2 Å². The lowest BCUT2D eigenvalue weighted by atomic mass is 10.00. The number of aliphatic hydroxyl groups excluding tert-OH is 15. The van der Waals surface area contributed by atoms with Gasteiger partial charge in [0.15, 0.2) is 18.9 Å². The van der Waals surface area contributed by atoms with Gasteiger partial charge in [0, 0.05) is 0 Å². The standard InChI is InChI=1S/3C6H12O6/c3*7-1-2-3(8)4(9)5(10)6(11)12-2/h3*2-11H,1H2/t3*2-,3+,4+,5-,6?/m111/s1. The molecule has 15 atom stereocenters. The van der Waals surface area contributed by atoms with E-state index in [0.717, 1.165) is 0 Å². The van der Waals surface area contributed by atoms with Gasteiger partial charge < -0.3 is 90.8 Å². The predicted octanol–water partition coefficient (Wildman–Crippen LogP) is -9.66. The lowest BCUT2D eigenvalue weighted by Gasteiger charge is -2.37. The van der Waals surface area contributed by atoms with Crippen molar-refractivity contribution in [3.05, 3.63) is 0 Å². The van der Waals surface area contributed by atoms with E-state index in [2.05, 4.69) is 14.2 Å². The first-order valence-corrected chi connectivity index (χ1v) is 10.7. The van der Waals surface area contributed by atoms with Crippen LogP contribution in [0.5, 0.6) is 0 Å². The Morgan fingerprint density at radius 2 is 0.500 bits per heavy atom. The fourth-order valence-corrected chi connectivity index (χ4v) is 3.25. The van der Waals surface area contributed by atoms with E-state index < -0.39 is 112 Å². The number of ether oxygens (including phenoxy) is 3. The zero-order valence-corrected chi connectivity index (χ0v) is 18.7. The number of hydrogen-bond donors (Lipinski definition) is 15. The van der Waals surface area contributed by atoms with Crippen molar-refractivity contribution in [3.63, 3.8) is 0 Å². The monoisotopic (exact) mass is 540 g/mol. The van der Waals surface area contributed by atoms with E-state index in [0.29, 0.717) is 0 Å². The largest absolute Gasteiger partial charge is 0.394 e. The van der Waals surface area contributed by atoms with Gasteiger partial charge >= 0.3 is 0 Å². The van der Waals surface area contributed by atoms with Crippen LogP contribution in [0.1, 0.15) is 0 Å². The summed E-state index contributed by atoms with van der Waals surface area (Å²) in [6.07, 6.45) is -21.1. The fourth-order valence-electron chi connectivity index (χ4n) is 3.25. The molecule has 0 aromatic rings. The topological polar surface area (TPSA) is 331 Å². The lowest BCUT2D eigenvalue weighted by molar-refractivity contribution is -0.286. The third-order valence-corrected chi connectivity index (χ3v) is 5.60. The molecule has 0 aliphatic carbocycles. The van der Waals surface area contributed by atoms with Crippen molar-refractivity contribution in [1.82, 2.24) is 0 Å². The molecule has 3 fully saturated rings. The summed E-state index contributed by atoms with van der Waals surface area (Å²) in [5.74, 6) is 0. The fraction of sp³-hybridized carbons (Fsp3) is 1.00. The molecule has 3 rings (SSSR count). The zero-order valence-electron chi connectivity index (χ0n) is 18.7. The second-order valence-corrected chi connectivity index (χ2v) is 8.16. The smallest absolute Gasteiger partial charge is 0.184 e. The number of hydrogen-bond acceptors (Lipinski definition) is 18. The normalized spacial score (nSPS) is 49.2. The Bertz CT molecular complexity index is 519. The molecule has 3 aliphatic rings. The maximum atomic E-state index is 9.12. The first-order valence-electron chi connectivity index (χ1n) is 10.7. The number of rotatable bonds is 3. The summed E-state index contributed by atoms with van der Waals surface area (Å²) in [4.78, 5) is 0. The van der Waals surface area contributed by atoms with Crippen LogP contribution in [0.4, 0.5) is 0 Å². The molecule has 0 radical (unpaired) electrons. The van der Waals surface area contributed by atoms with Gasteiger partial charge in [0.1, 0.15) is 73.2 Å². The number of aliphatic hydroxyl groups is 15. The van der Waals surface area contributed by atoms with E-state index in [-0.39, 0.29) is 0 Å². The van der Waals surface area contributed by atoms with E-state index in [1.165, 1.54) is 0 Å². The van der Waals surface area contributed by atoms with Crippen molar-refractivity contribution in [1.29, 1.82) is 0 Å². The van der Waals surface area contributed by atoms with Crippen LogP contribution in [0.25, 0.3) is 0 Å². The van der Waals surface area contributed by atoms with Crippen molar-refractivity contribution < 1.29 is 90.8 Å². The molecular formula is C18H36O18. The molecule has 3 unspecified atom stereocenters. The van der Waals surface area contributed by atoms with E-state index in [4.69, 9.17) is 76.6 Å². The maximum absolute atomic E-state index is 9.12. The van der Waals surface area contributed by atoms with Crippen molar-refractivity contribution in [2.75, 3.05) is 19.8 Å². The molecule has 3 aliphatic heterocycles. The van der Waals surface area contributed by atoms with Gasteiger partial charge in [-0.3, -0.25) is 0 Å². The van der Waals surface area contributed by atoms with Gasteiger partial charge in [0.2, 0.25) is 0 Å². The first-order chi connectivity index (χ1) is 16.7. The van der Waals surface area contributed by atoms with E-state index >= 15 is 0 Å². The maximum Gasteiger partial charge on any atom is 0.184 e. The van der Waals surface area contributed by atoms with Gasteiger partial charge in [-0.2, -0.15) is 0 Å². The molecule has 3 heterocycles. The van der Waals surface area contributed by atoms with Crippen LogP contribution in [0.3, 0.4) is 0 Å². The van der Waals surface area contributed by atoms with Gasteiger partial charge in [0.25, 0.3) is 0 Å². The summed E-state index contributed by atoms with van der Waals surface area (Å²) >= 11 is 0. The van der Waals surface area contributed by atoms with Gasteiger partial charge in [-0.05, 0) is 0 Å². The van der Waals surface area contributed by atoms with E-state index in [1.807, 2.05) is 0 Å². The average Bonchev–Trinajstić information content (AvgIpc) is 2.87. The highest BCUT2D eigenvalue weighted by atomic mass is 16.7. The molecule has 18 nitrogen and oxygen atoms in total. The van der Waals surface area contributed by atoms with Crippen molar-refractivity contribution in [3.8, 4) is 0 Å². The Kier molecular flexibility index (Phi) is 13.9. The summed E-state index contributed by atoms with van der Waals surface area (Å²) in [6.45, 7) is -1.58. The lowest BCUT2D eigenvalue weighted by Crippen LogP contribution is -2.58. The molecule has 15 N–H and O–H groups in total. The summed E-state index contributed by atoms with van der Waals surface area (Å²) < 4.78 is 13.7. The van der Waals surface area contributed by atoms with Crippen molar-refractivity contribution >= 4 is 0 Å². The SMILES string of the molecule is OC[C@H]1OC(O)[C@H](O)[C@@H](O)[C@H]1O.OC[C@H]1OC(O)[C@H](O)[C@@H](O)[C@H]1O.OC[C@H]1OC(O)[C@H](O)[C@@H](O)[C@H]1O. The minimum absolute atomic E-state index is 0.526. The first kappa shape index (κ1) is 33.3. The van der Waals surface area contributed by atoms with E-state index in [1.54, 1.807) is 0 Å². The van der Waals surface area contributed by atoms with Crippen molar-refractivity contribution in [2.24, 2.45) is 0 Å². The van der Waals surface area contributed by atoms with Crippen LogP contribution < -0.4 is 0 Å². The summed E-state index contributed by atoms with van der Waals surface area (Å²) in [7, 11) is 0. The molecule has 0 aromatic heterocycles. The van der Waals surface area contributed by atoms with E-state index in [9.17, 15) is 0 Å². The van der Waals surface area contributed by atoms with Crippen LogP contribution in [0.2, 0.25) is 0 Å². The molecule has 36 heavy (non-hydrogen) atoms. The second-order valence-electron chi connectivity index (χ2n) is 8.16. The Hall–Kier alpha value is -0.720. The summed E-state index contributed by atoms with van der Waals surface area (Å²) in [5, 5.41) is 134. The molecule has 216 valence electrons. The Labute approximate surface area is 203 Å². The van der Waals surface area contributed by atoms with Crippen LogP contribution in [0.15, 0.2) is 0 Å². The molecule has 0 bridgehead atoms. The quantitative estimate of drug-likeness (QED) is 0.158. The minimum Gasteiger partial charge on any atom is -0.394 e. The van der Waals surface area contributed by atoms with Crippen LogP contribution in [0, 0.1) is 0 Å². The molecule has 0 amide bonds. The Balaban J connectivity index is 0.000000270. The molecular weight excluding hydrogens is 504 g/mol. The predicted molar refractivity (Wildman–Crippen MR) is 108 cm³/mol. The third kappa shape index (κ3) is 8.14. The highest BCUT2D eigenvalue weighted by molar-refractivity contribution is 4.89. The molecule has 0 aromatic carbocycles. The summed E-state index contributed by atoms with van der Waals surface area (Å²) in [5.41, 5.74) is 0. The van der Waals surface area contributed by atoms with Crippen LogP contribution >= 0.6 is 0 Å². The Morgan fingerprint density at radius 3 is 0.667 bits per heavy atom. The minimum atomic E-state index is -1.57. The molecule has 18 heteroatoms. The van der Waals surface area contributed by atoms with Crippen molar-refractivity contribution in [2.45, 2.75) is 92.1 Å². The highest BCUT2D eigenvalue weighted by Gasteiger charge is 2.44. The highest BCUT2D eigenvalue weighted by Crippen LogP contribution is 2.20. The summed E-state index contributed by atoms with van der Waals surface area (Å²) in [6, 6.07) is 0. The van der Waals surface area contributed by atoms with Gasteiger partial charge in [-0.25, -0.2) is 0 Å². The van der Waals surface area contributed by atoms with Crippen LogP contribution in [-0.4, -0.2) is 189 Å².